The quantitative estimate of drug-likeness (QED) is 0.527. The number of halogens is 1. The highest BCUT2D eigenvalue weighted by molar-refractivity contribution is 5.95. The number of ether oxygens (including phenoxy) is 1. The number of aromatic amines is 2. The molecule has 5 heteroatoms. The first kappa shape index (κ1) is 15.6. The third-order valence-corrected chi connectivity index (χ3v) is 4.77. The second kappa shape index (κ2) is 5.99. The topological polar surface area (TPSA) is 57.9 Å². The Bertz CT molecular complexity index is 1270. The van der Waals surface area contributed by atoms with Gasteiger partial charge >= 0.3 is 5.69 Å². The summed E-state index contributed by atoms with van der Waals surface area (Å²) in [7, 11) is 0. The van der Waals surface area contributed by atoms with Crippen molar-refractivity contribution in [1.29, 1.82) is 0 Å². The maximum absolute atomic E-state index is 14.0. The molecule has 4 aromatic rings. The molecule has 0 bridgehead atoms. The van der Waals surface area contributed by atoms with Crippen molar-refractivity contribution in [3.8, 4) is 5.75 Å². The molecular formula is C22H15FN2O2. The van der Waals surface area contributed by atoms with E-state index in [9.17, 15) is 9.18 Å². The van der Waals surface area contributed by atoms with Crippen LogP contribution >= 0.6 is 0 Å². The van der Waals surface area contributed by atoms with E-state index in [0.29, 0.717) is 6.61 Å². The first-order valence-electron chi connectivity index (χ1n) is 8.62. The summed E-state index contributed by atoms with van der Waals surface area (Å²) in [5.74, 6) is 0.473. The van der Waals surface area contributed by atoms with Crippen LogP contribution in [-0.2, 0) is 6.61 Å². The van der Waals surface area contributed by atoms with Crippen molar-refractivity contribution >= 4 is 22.7 Å². The zero-order valence-electron chi connectivity index (χ0n) is 14.3. The van der Waals surface area contributed by atoms with Crippen LogP contribution in [0.15, 0.2) is 65.5 Å². The summed E-state index contributed by atoms with van der Waals surface area (Å²) in [5, 5.41) is 0. The minimum atomic E-state index is -0.288. The van der Waals surface area contributed by atoms with Crippen LogP contribution in [0.4, 0.5) is 4.39 Å². The van der Waals surface area contributed by atoms with E-state index < -0.39 is 0 Å². The summed E-state index contributed by atoms with van der Waals surface area (Å²) in [6, 6.07) is 18.2. The standard InChI is InChI=1S/C22H15FN2O2/c23-15-7-6-14-12-27-21-4-2-1-3-16(21)18(17(14)11-15)9-13-5-8-19-20(10-13)25-22(26)24-19/h1-11H,12H2,(H2,24,25,26)/b18-9-. The highest BCUT2D eigenvalue weighted by Gasteiger charge is 2.19. The van der Waals surface area contributed by atoms with Crippen LogP contribution in [0.25, 0.3) is 22.7 Å². The molecule has 0 amide bonds. The van der Waals surface area contributed by atoms with Crippen LogP contribution in [0.2, 0.25) is 0 Å². The van der Waals surface area contributed by atoms with E-state index in [1.807, 2.05) is 48.5 Å². The minimum absolute atomic E-state index is 0.240. The van der Waals surface area contributed by atoms with Gasteiger partial charge in [0.2, 0.25) is 0 Å². The lowest BCUT2D eigenvalue weighted by Crippen LogP contribution is -1.99. The molecule has 0 saturated heterocycles. The molecule has 0 aliphatic carbocycles. The number of hydrogen-bond donors (Lipinski definition) is 2. The molecule has 1 aliphatic heterocycles. The first-order chi connectivity index (χ1) is 13.2. The highest BCUT2D eigenvalue weighted by atomic mass is 19.1. The fraction of sp³-hybridized carbons (Fsp3) is 0.0455. The molecule has 0 radical (unpaired) electrons. The van der Waals surface area contributed by atoms with Crippen molar-refractivity contribution in [2.24, 2.45) is 0 Å². The van der Waals surface area contributed by atoms with Crippen molar-refractivity contribution in [1.82, 2.24) is 9.97 Å². The molecule has 132 valence electrons. The van der Waals surface area contributed by atoms with Crippen LogP contribution < -0.4 is 10.4 Å². The van der Waals surface area contributed by atoms with E-state index in [0.717, 1.165) is 44.6 Å². The summed E-state index contributed by atoms with van der Waals surface area (Å²) >= 11 is 0. The molecule has 3 aromatic carbocycles. The van der Waals surface area contributed by atoms with Gasteiger partial charge in [-0.25, -0.2) is 9.18 Å². The molecule has 0 saturated carbocycles. The molecule has 1 aromatic heterocycles. The van der Waals surface area contributed by atoms with Gasteiger partial charge in [-0.05, 0) is 58.7 Å². The fourth-order valence-corrected chi connectivity index (χ4v) is 3.50. The number of para-hydroxylation sites is 1. The molecule has 0 fully saturated rings. The third-order valence-electron chi connectivity index (χ3n) is 4.77. The average Bonchev–Trinajstić information content (AvgIpc) is 2.97. The first-order valence-corrected chi connectivity index (χ1v) is 8.62. The van der Waals surface area contributed by atoms with Crippen LogP contribution in [0.5, 0.6) is 5.75 Å². The van der Waals surface area contributed by atoms with Gasteiger partial charge in [0, 0.05) is 5.56 Å². The Labute approximate surface area is 153 Å². The lowest BCUT2D eigenvalue weighted by atomic mass is 9.92. The normalized spacial score (nSPS) is 14.5. The lowest BCUT2D eigenvalue weighted by Gasteiger charge is -2.11. The number of rotatable bonds is 1. The molecular weight excluding hydrogens is 343 g/mol. The van der Waals surface area contributed by atoms with Gasteiger partial charge in [0.1, 0.15) is 18.2 Å². The van der Waals surface area contributed by atoms with Gasteiger partial charge in [-0.2, -0.15) is 0 Å². The lowest BCUT2D eigenvalue weighted by molar-refractivity contribution is 0.307. The van der Waals surface area contributed by atoms with Crippen molar-refractivity contribution in [2.75, 3.05) is 0 Å². The van der Waals surface area contributed by atoms with Gasteiger partial charge in [-0.3, -0.25) is 0 Å². The summed E-state index contributed by atoms with van der Waals surface area (Å²) in [6.07, 6.45) is 2.00. The summed E-state index contributed by atoms with van der Waals surface area (Å²) in [5.41, 5.74) is 5.66. The van der Waals surface area contributed by atoms with Gasteiger partial charge in [0.25, 0.3) is 0 Å². The number of H-pyrrole nitrogens is 2. The molecule has 27 heavy (non-hydrogen) atoms. The second-order valence-corrected chi connectivity index (χ2v) is 6.53. The summed E-state index contributed by atoms with van der Waals surface area (Å²) < 4.78 is 20.0. The Balaban J connectivity index is 1.76. The van der Waals surface area contributed by atoms with Crippen molar-refractivity contribution in [3.63, 3.8) is 0 Å². The molecule has 0 unspecified atom stereocenters. The molecule has 0 spiro atoms. The fourth-order valence-electron chi connectivity index (χ4n) is 3.50. The van der Waals surface area contributed by atoms with Crippen LogP contribution in [0, 0.1) is 5.82 Å². The van der Waals surface area contributed by atoms with E-state index in [2.05, 4.69) is 9.97 Å². The van der Waals surface area contributed by atoms with E-state index in [1.54, 1.807) is 12.1 Å². The Hall–Kier alpha value is -3.60. The molecule has 2 N–H and O–H groups in total. The van der Waals surface area contributed by atoms with E-state index in [-0.39, 0.29) is 11.5 Å². The number of hydrogen-bond acceptors (Lipinski definition) is 2. The third kappa shape index (κ3) is 2.73. The van der Waals surface area contributed by atoms with Gasteiger partial charge < -0.3 is 14.7 Å². The average molecular weight is 358 g/mol. The van der Waals surface area contributed by atoms with Crippen molar-refractivity contribution in [2.45, 2.75) is 6.61 Å². The predicted molar refractivity (Wildman–Crippen MR) is 103 cm³/mol. The Kier molecular flexibility index (Phi) is 3.47. The Morgan fingerprint density at radius 1 is 0.926 bits per heavy atom. The second-order valence-electron chi connectivity index (χ2n) is 6.53. The maximum Gasteiger partial charge on any atom is 0.323 e. The molecule has 1 aliphatic rings. The van der Waals surface area contributed by atoms with Crippen LogP contribution in [0.3, 0.4) is 0 Å². The largest absolute Gasteiger partial charge is 0.488 e. The molecule has 0 atom stereocenters. The SMILES string of the molecule is O=c1[nH]c2ccc(/C=C3\c4cc(F)ccc4COc4ccccc43)cc2[nH]1. The van der Waals surface area contributed by atoms with Crippen LogP contribution in [-0.4, -0.2) is 9.97 Å². The summed E-state index contributed by atoms with van der Waals surface area (Å²) in [6.45, 7) is 0.383. The Morgan fingerprint density at radius 2 is 1.78 bits per heavy atom. The number of benzene rings is 3. The highest BCUT2D eigenvalue weighted by Crippen LogP contribution is 2.38. The number of aromatic nitrogens is 2. The molecule has 5 rings (SSSR count). The van der Waals surface area contributed by atoms with Gasteiger partial charge in [0.05, 0.1) is 11.0 Å². The minimum Gasteiger partial charge on any atom is -0.488 e. The van der Waals surface area contributed by atoms with E-state index in [1.165, 1.54) is 6.07 Å². The Morgan fingerprint density at radius 3 is 2.70 bits per heavy atom. The van der Waals surface area contributed by atoms with Gasteiger partial charge in [0.15, 0.2) is 0 Å². The predicted octanol–water partition coefficient (Wildman–Crippen LogP) is 4.48. The molecule has 2 heterocycles. The molecule has 4 nitrogen and oxygen atoms in total. The van der Waals surface area contributed by atoms with E-state index in [4.69, 9.17) is 4.74 Å². The van der Waals surface area contributed by atoms with Crippen LogP contribution in [0.1, 0.15) is 22.3 Å². The smallest absolute Gasteiger partial charge is 0.323 e. The number of fused-ring (bicyclic) bond motifs is 3. The maximum atomic E-state index is 14.0. The summed E-state index contributed by atoms with van der Waals surface area (Å²) in [4.78, 5) is 17.0. The number of nitrogens with one attached hydrogen (secondary N) is 2. The van der Waals surface area contributed by atoms with Crippen molar-refractivity contribution < 1.29 is 9.13 Å². The monoisotopic (exact) mass is 358 g/mol. The zero-order chi connectivity index (χ0) is 18.4. The van der Waals surface area contributed by atoms with Gasteiger partial charge in [-0.15, -0.1) is 0 Å². The van der Waals surface area contributed by atoms with Gasteiger partial charge in [-0.1, -0.05) is 30.3 Å². The van der Waals surface area contributed by atoms with E-state index >= 15 is 0 Å². The number of imidazole rings is 1. The zero-order valence-corrected chi connectivity index (χ0v) is 14.3. The van der Waals surface area contributed by atoms with Crippen molar-refractivity contribution in [3.05, 3.63) is 99.2 Å².